The molecule has 2 unspecified atom stereocenters. The lowest BCUT2D eigenvalue weighted by atomic mass is 9.64. The van der Waals surface area contributed by atoms with Gasteiger partial charge in [0.1, 0.15) is 0 Å². The molecule has 2 nitrogen and oxygen atoms in total. The van der Waals surface area contributed by atoms with Crippen LogP contribution >= 0.6 is 15.9 Å². The summed E-state index contributed by atoms with van der Waals surface area (Å²) >= 11 is 3.65. The Labute approximate surface area is 118 Å². The van der Waals surface area contributed by atoms with Crippen molar-refractivity contribution in [3.63, 3.8) is 0 Å². The largest absolute Gasteiger partial charge is 0.381 e. The molecule has 0 bridgehead atoms. The van der Waals surface area contributed by atoms with E-state index in [1.165, 1.54) is 15.7 Å². The van der Waals surface area contributed by atoms with Crippen LogP contribution in [0.15, 0.2) is 22.7 Å². The van der Waals surface area contributed by atoms with Gasteiger partial charge in [-0.15, -0.1) is 0 Å². The van der Waals surface area contributed by atoms with Crippen molar-refractivity contribution in [3.05, 3.63) is 28.2 Å². The van der Waals surface area contributed by atoms with Crippen LogP contribution in [0.2, 0.25) is 0 Å². The summed E-state index contributed by atoms with van der Waals surface area (Å²) in [4.78, 5) is 0. The fourth-order valence-electron chi connectivity index (χ4n) is 2.56. The van der Waals surface area contributed by atoms with Crippen LogP contribution < -0.4 is 5.32 Å². The number of ether oxygens (including phenoxy) is 1. The van der Waals surface area contributed by atoms with Gasteiger partial charge in [-0.25, -0.2) is 0 Å². The van der Waals surface area contributed by atoms with Gasteiger partial charge in [-0.3, -0.25) is 0 Å². The summed E-state index contributed by atoms with van der Waals surface area (Å²) in [7, 11) is 0. The summed E-state index contributed by atoms with van der Waals surface area (Å²) in [5, 5.41) is 3.64. The second kappa shape index (κ2) is 5.22. The van der Waals surface area contributed by atoms with Crippen molar-refractivity contribution in [1.82, 2.24) is 0 Å². The highest BCUT2D eigenvalue weighted by molar-refractivity contribution is 9.10. The molecular formula is C15H22BrNO. The number of benzene rings is 1. The first-order valence-electron chi connectivity index (χ1n) is 6.60. The van der Waals surface area contributed by atoms with Crippen LogP contribution in [0.1, 0.15) is 32.8 Å². The van der Waals surface area contributed by atoms with E-state index in [1.54, 1.807) is 0 Å². The quantitative estimate of drug-likeness (QED) is 0.891. The highest BCUT2D eigenvalue weighted by atomic mass is 79.9. The molecule has 0 aromatic heterocycles. The third kappa shape index (κ3) is 2.43. The maximum atomic E-state index is 5.76. The predicted octanol–water partition coefficient (Wildman–Crippen LogP) is 4.37. The van der Waals surface area contributed by atoms with E-state index in [0.717, 1.165) is 13.0 Å². The highest BCUT2D eigenvalue weighted by Gasteiger charge is 2.48. The van der Waals surface area contributed by atoms with Crippen molar-refractivity contribution in [2.45, 2.75) is 46.3 Å². The second-order valence-corrected chi connectivity index (χ2v) is 6.43. The van der Waals surface area contributed by atoms with Crippen molar-refractivity contribution in [2.75, 3.05) is 11.9 Å². The Balaban J connectivity index is 2.06. The molecular weight excluding hydrogens is 290 g/mol. The molecule has 0 spiro atoms. The summed E-state index contributed by atoms with van der Waals surface area (Å²) < 4.78 is 6.93. The molecule has 1 aromatic rings. The van der Waals surface area contributed by atoms with E-state index in [1.807, 2.05) is 0 Å². The van der Waals surface area contributed by atoms with Crippen LogP contribution in [0, 0.1) is 12.3 Å². The summed E-state index contributed by atoms with van der Waals surface area (Å²) in [6.45, 7) is 9.53. The molecule has 18 heavy (non-hydrogen) atoms. The zero-order valence-electron chi connectivity index (χ0n) is 11.6. The lowest BCUT2D eigenvalue weighted by molar-refractivity contribution is -0.0976. The van der Waals surface area contributed by atoms with Gasteiger partial charge >= 0.3 is 0 Å². The second-order valence-electron chi connectivity index (χ2n) is 5.63. The van der Waals surface area contributed by atoms with E-state index in [-0.39, 0.29) is 5.41 Å². The number of hydrogen-bond donors (Lipinski definition) is 1. The molecule has 1 aliphatic carbocycles. The van der Waals surface area contributed by atoms with E-state index in [9.17, 15) is 0 Å². The number of anilines is 1. The van der Waals surface area contributed by atoms with Gasteiger partial charge in [0.25, 0.3) is 0 Å². The van der Waals surface area contributed by atoms with Crippen molar-refractivity contribution in [3.8, 4) is 0 Å². The molecule has 0 radical (unpaired) electrons. The number of nitrogens with one attached hydrogen (secondary N) is 1. The van der Waals surface area contributed by atoms with E-state index in [0.29, 0.717) is 12.1 Å². The molecule has 0 heterocycles. The maximum absolute atomic E-state index is 5.76. The molecule has 1 saturated carbocycles. The Morgan fingerprint density at radius 1 is 1.44 bits per heavy atom. The van der Waals surface area contributed by atoms with Crippen LogP contribution in [0.25, 0.3) is 0 Å². The topological polar surface area (TPSA) is 21.3 Å². The number of rotatable bonds is 4. The minimum atomic E-state index is 0.194. The van der Waals surface area contributed by atoms with Crippen LogP contribution in [0.3, 0.4) is 0 Å². The Morgan fingerprint density at radius 2 is 2.17 bits per heavy atom. The average Bonchev–Trinajstić information content (AvgIpc) is 2.33. The van der Waals surface area contributed by atoms with Crippen LogP contribution in [0.4, 0.5) is 5.69 Å². The highest BCUT2D eigenvalue weighted by Crippen LogP contribution is 2.45. The van der Waals surface area contributed by atoms with Gasteiger partial charge < -0.3 is 10.1 Å². The molecule has 100 valence electrons. The van der Waals surface area contributed by atoms with Gasteiger partial charge in [-0.2, -0.15) is 0 Å². The molecule has 1 N–H and O–H groups in total. The zero-order chi connectivity index (χ0) is 13.3. The summed E-state index contributed by atoms with van der Waals surface area (Å²) in [5.41, 5.74) is 2.64. The Bertz CT molecular complexity index is 431. The van der Waals surface area contributed by atoms with Gasteiger partial charge in [0.2, 0.25) is 0 Å². The molecule has 1 aromatic carbocycles. The lowest BCUT2D eigenvalue weighted by Crippen LogP contribution is -2.58. The Morgan fingerprint density at radius 3 is 2.78 bits per heavy atom. The van der Waals surface area contributed by atoms with Crippen LogP contribution in [-0.4, -0.2) is 18.8 Å². The van der Waals surface area contributed by atoms with Crippen molar-refractivity contribution in [1.29, 1.82) is 0 Å². The first-order valence-corrected chi connectivity index (χ1v) is 7.39. The van der Waals surface area contributed by atoms with Crippen LogP contribution in [0.5, 0.6) is 0 Å². The van der Waals surface area contributed by atoms with Crippen molar-refractivity contribution < 1.29 is 4.74 Å². The summed E-state index contributed by atoms with van der Waals surface area (Å²) in [5.74, 6) is 0. The van der Waals surface area contributed by atoms with Gasteiger partial charge in [-0.1, -0.05) is 26.0 Å². The molecule has 2 atom stereocenters. The van der Waals surface area contributed by atoms with Gasteiger partial charge in [0.05, 0.1) is 6.10 Å². The fourth-order valence-corrected chi connectivity index (χ4v) is 2.94. The van der Waals surface area contributed by atoms with Gasteiger partial charge in [-0.05, 0) is 47.8 Å². The smallest absolute Gasteiger partial charge is 0.0665 e. The fraction of sp³-hybridized carbons (Fsp3) is 0.600. The number of hydrogen-bond acceptors (Lipinski definition) is 2. The Kier molecular flexibility index (Phi) is 4.02. The van der Waals surface area contributed by atoms with Gasteiger partial charge in [0, 0.05) is 28.2 Å². The molecule has 2 rings (SSSR count). The monoisotopic (exact) mass is 311 g/mol. The zero-order valence-corrected chi connectivity index (χ0v) is 13.2. The maximum Gasteiger partial charge on any atom is 0.0665 e. The van der Waals surface area contributed by atoms with Crippen molar-refractivity contribution in [2.24, 2.45) is 5.41 Å². The normalized spacial score (nSPS) is 25.6. The molecule has 0 amide bonds. The Hall–Kier alpha value is -0.540. The lowest BCUT2D eigenvalue weighted by Gasteiger charge is -2.52. The van der Waals surface area contributed by atoms with Gasteiger partial charge in [0.15, 0.2) is 0 Å². The van der Waals surface area contributed by atoms with Crippen LogP contribution in [-0.2, 0) is 4.74 Å². The third-order valence-electron chi connectivity index (χ3n) is 4.07. The average molecular weight is 312 g/mol. The predicted molar refractivity (Wildman–Crippen MR) is 80.1 cm³/mol. The summed E-state index contributed by atoms with van der Waals surface area (Å²) in [6.07, 6.45) is 1.46. The minimum absolute atomic E-state index is 0.194. The van der Waals surface area contributed by atoms with E-state index < -0.39 is 0 Å². The van der Waals surface area contributed by atoms with Crippen molar-refractivity contribution >= 4 is 21.6 Å². The minimum Gasteiger partial charge on any atom is -0.381 e. The molecule has 1 fully saturated rings. The SMILES string of the molecule is CCOC1CC(Nc2cccc(C)c2Br)C1(C)C. The summed E-state index contributed by atoms with van der Waals surface area (Å²) in [6, 6.07) is 6.81. The third-order valence-corrected chi connectivity index (χ3v) is 5.12. The van der Waals surface area contributed by atoms with E-state index >= 15 is 0 Å². The standard InChI is InChI=1S/C15H22BrNO/c1-5-18-13-9-12(15(13,3)4)17-11-8-6-7-10(2)14(11)16/h6-8,12-13,17H,5,9H2,1-4H3. The first kappa shape index (κ1) is 13.9. The van der Waals surface area contributed by atoms with E-state index in [4.69, 9.17) is 4.74 Å². The number of aryl methyl sites for hydroxylation is 1. The molecule has 0 aliphatic heterocycles. The molecule has 3 heteroatoms. The molecule has 0 saturated heterocycles. The molecule has 1 aliphatic rings. The number of halogens is 1. The van der Waals surface area contributed by atoms with E-state index in [2.05, 4.69) is 67.1 Å². The first-order chi connectivity index (χ1) is 8.46.